The molecule has 0 atom stereocenters. The van der Waals surface area contributed by atoms with Crippen LogP contribution in [0.4, 0.5) is 0 Å². The molecule has 1 heterocycles. The molecule has 3 rings (SSSR count). The number of rotatable bonds is 2. The van der Waals surface area contributed by atoms with Gasteiger partial charge in [-0.2, -0.15) is 0 Å². The zero-order valence-electron chi connectivity index (χ0n) is 9.87. The Hall–Kier alpha value is -2.21. The Morgan fingerprint density at radius 2 is 1.63 bits per heavy atom. The van der Waals surface area contributed by atoms with Crippen LogP contribution in [-0.4, -0.2) is 44.5 Å². The topological polar surface area (TPSA) is 94.9 Å². The number of hydrogen-bond donors (Lipinski definition) is 2. The quantitative estimate of drug-likeness (QED) is 0.745. The van der Waals surface area contributed by atoms with Crippen molar-refractivity contribution in [2.75, 3.05) is 0 Å². The van der Waals surface area contributed by atoms with Crippen LogP contribution in [0.3, 0.4) is 0 Å². The number of benzene rings is 1. The Labute approximate surface area is 108 Å². The van der Waals surface area contributed by atoms with Crippen molar-refractivity contribution in [1.29, 1.82) is 0 Å². The third kappa shape index (κ3) is 1.50. The fourth-order valence-corrected chi connectivity index (χ4v) is 2.62. The highest BCUT2D eigenvalue weighted by atomic mass is 16.4. The van der Waals surface area contributed by atoms with Crippen LogP contribution in [0.25, 0.3) is 0 Å². The lowest BCUT2D eigenvalue weighted by Crippen LogP contribution is -2.60. The molecule has 2 aliphatic rings. The third-order valence-electron chi connectivity index (χ3n) is 3.74. The molecule has 0 radical (unpaired) electrons. The van der Waals surface area contributed by atoms with Crippen molar-refractivity contribution < 1.29 is 24.6 Å². The van der Waals surface area contributed by atoms with Crippen molar-refractivity contribution in [3.63, 3.8) is 0 Å². The first-order valence-corrected chi connectivity index (χ1v) is 5.87. The number of aliphatic carboxylic acids is 1. The number of carbonyl (C=O) groups excluding carboxylic acids is 2. The van der Waals surface area contributed by atoms with Crippen LogP contribution in [0.15, 0.2) is 24.3 Å². The van der Waals surface area contributed by atoms with Crippen molar-refractivity contribution >= 4 is 17.8 Å². The molecule has 0 aromatic heterocycles. The van der Waals surface area contributed by atoms with Gasteiger partial charge in [-0.05, 0) is 12.1 Å². The minimum atomic E-state index is -1.82. The number of hydrogen-bond acceptors (Lipinski definition) is 4. The van der Waals surface area contributed by atoms with Crippen molar-refractivity contribution in [3.8, 4) is 0 Å². The molecule has 1 aromatic rings. The number of nitrogens with zero attached hydrogens (tertiary/aromatic N) is 1. The molecule has 0 spiro atoms. The molecular weight excluding hydrogens is 250 g/mol. The maximum atomic E-state index is 12.1. The average Bonchev–Trinajstić information content (AvgIpc) is 2.59. The van der Waals surface area contributed by atoms with Crippen molar-refractivity contribution in [2.45, 2.75) is 24.5 Å². The summed E-state index contributed by atoms with van der Waals surface area (Å²) in [6, 6.07) is 5.92. The Morgan fingerprint density at radius 1 is 1.16 bits per heavy atom. The van der Waals surface area contributed by atoms with Gasteiger partial charge in [-0.15, -0.1) is 0 Å². The van der Waals surface area contributed by atoms with Gasteiger partial charge in [0.1, 0.15) is 0 Å². The van der Waals surface area contributed by atoms with Gasteiger partial charge in [0.15, 0.2) is 5.60 Å². The first kappa shape index (κ1) is 11.9. The number of carboxylic acid groups (broad SMARTS) is 1. The zero-order chi connectivity index (χ0) is 13.8. The molecule has 1 aliphatic carbocycles. The lowest BCUT2D eigenvalue weighted by molar-refractivity contribution is -0.173. The molecule has 2 amide bonds. The summed E-state index contributed by atoms with van der Waals surface area (Å²) in [5.74, 6) is -2.16. The maximum absolute atomic E-state index is 12.1. The maximum Gasteiger partial charge on any atom is 0.335 e. The Kier molecular flexibility index (Phi) is 2.27. The van der Waals surface area contributed by atoms with Crippen molar-refractivity contribution in [2.24, 2.45) is 0 Å². The number of carboxylic acids is 1. The second-order valence-electron chi connectivity index (χ2n) is 4.92. The Balaban J connectivity index is 1.85. The predicted octanol–water partition coefficient (Wildman–Crippen LogP) is 0.261. The van der Waals surface area contributed by atoms with E-state index in [-0.39, 0.29) is 12.8 Å². The molecule has 0 bridgehead atoms. The Bertz CT molecular complexity index is 568. The number of carbonyl (C=O) groups is 3. The third-order valence-corrected chi connectivity index (χ3v) is 3.74. The predicted molar refractivity (Wildman–Crippen MR) is 62.5 cm³/mol. The van der Waals surface area contributed by atoms with Gasteiger partial charge in [-0.25, -0.2) is 4.79 Å². The summed E-state index contributed by atoms with van der Waals surface area (Å²) >= 11 is 0. The van der Waals surface area contributed by atoms with Crippen LogP contribution in [0.1, 0.15) is 33.6 Å². The molecule has 0 saturated heterocycles. The second kappa shape index (κ2) is 3.64. The largest absolute Gasteiger partial charge is 0.479 e. The Morgan fingerprint density at radius 3 is 2.05 bits per heavy atom. The molecule has 6 nitrogen and oxygen atoms in total. The highest BCUT2D eigenvalue weighted by Crippen LogP contribution is 2.39. The van der Waals surface area contributed by atoms with Gasteiger partial charge in [0.25, 0.3) is 11.8 Å². The van der Waals surface area contributed by atoms with Gasteiger partial charge in [0.2, 0.25) is 0 Å². The van der Waals surface area contributed by atoms with Crippen LogP contribution in [-0.2, 0) is 4.79 Å². The van der Waals surface area contributed by atoms with Crippen LogP contribution >= 0.6 is 0 Å². The molecule has 1 aromatic carbocycles. The van der Waals surface area contributed by atoms with E-state index in [1.165, 1.54) is 0 Å². The lowest BCUT2D eigenvalue weighted by atomic mass is 9.75. The van der Waals surface area contributed by atoms with Gasteiger partial charge >= 0.3 is 5.97 Å². The summed E-state index contributed by atoms with van der Waals surface area (Å²) < 4.78 is 0. The summed E-state index contributed by atoms with van der Waals surface area (Å²) in [6.45, 7) is 0. The summed E-state index contributed by atoms with van der Waals surface area (Å²) in [7, 11) is 0. The van der Waals surface area contributed by atoms with E-state index in [0.717, 1.165) is 4.90 Å². The number of amides is 2. The summed E-state index contributed by atoms with van der Waals surface area (Å²) in [6.07, 6.45) is -0.235. The van der Waals surface area contributed by atoms with E-state index in [4.69, 9.17) is 5.11 Å². The van der Waals surface area contributed by atoms with Crippen LogP contribution in [0.2, 0.25) is 0 Å². The minimum absolute atomic E-state index is 0.117. The fourth-order valence-electron chi connectivity index (χ4n) is 2.62. The van der Waals surface area contributed by atoms with Gasteiger partial charge < -0.3 is 10.2 Å². The monoisotopic (exact) mass is 261 g/mol. The summed E-state index contributed by atoms with van der Waals surface area (Å²) in [5.41, 5.74) is -1.16. The first-order valence-electron chi connectivity index (χ1n) is 5.87. The van der Waals surface area contributed by atoms with Crippen molar-refractivity contribution in [1.82, 2.24) is 4.90 Å². The van der Waals surface area contributed by atoms with Crippen molar-refractivity contribution in [3.05, 3.63) is 35.4 Å². The van der Waals surface area contributed by atoms with E-state index in [2.05, 4.69) is 0 Å². The van der Waals surface area contributed by atoms with Gasteiger partial charge in [-0.3, -0.25) is 14.5 Å². The molecule has 98 valence electrons. The van der Waals surface area contributed by atoms with E-state index in [1.54, 1.807) is 24.3 Å². The highest BCUT2D eigenvalue weighted by Gasteiger charge is 2.55. The second-order valence-corrected chi connectivity index (χ2v) is 4.92. The first-order chi connectivity index (χ1) is 8.94. The van der Waals surface area contributed by atoms with E-state index in [9.17, 15) is 19.5 Å². The van der Waals surface area contributed by atoms with E-state index < -0.39 is 29.4 Å². The number of imide groups is 1. The minimum Gasteiger partial charge on any atom is -0.479 e. The fraction of sp³-hybridized carbons (Fsp3) is 0.308. The average molecular weight is 261 g/mol. The van der Waals surface area contributed by atoms with Gasteiger partial charge in [-0.1, -0.05) is 12.1 Å². The molecule has 1 fully saturated rings. The van der Waals surface area contributed by atoms with Crippen LogP contribution < -0.4 is 0 Å². The number of fused-ring (bicyclic) bond motifs is 1. The zero-order valence-corrected chi connectivity index (χ0v) is 9.87. The number of aliphatic hydroxyl groups is 1. The highest BCUT2D eigenvalue weighted by molar-refractivity contribution is 6.21. The molecule has 1 aliphatic heterocycles. The standard InChI is InChI=1S/C13H11NO5/c15-10-8-3-1-2-4-9(8)11(16)14(10)7-5-13(19,6-7)12(17)18/h1-4,7,19H,5-6H2,(H,17,18). The normalized spacial score (nSPS) is 29.1. The van der Waals surface area contributed by atoms with E-state index >= 15 is 0 Å². The van der Waals surface area contributed by atoms with E-state index in [0.29, 0.717) is 11.1 Å². The summed E-state index contributed by atoms with van der Waals surface area (Å²) in [5, 5.41) is 18.5. The van der Waals surface area contributed by atoms with E-state index in [1.807, 2.05) is 0 Å². The summed E-state index contributed by atoms with van der Waals surface area (Å²) in [4.78, 5) is 36.1. The molecule has 6 heteroatoms. The molecule has 1 saturated carbocycles. The SMILES string of the molecule is O=C1c2ccccc2C(=O)N1C1CC(O)(C(=O)O)C1. The molecule has 2 N–H and O–H groups in total. The van der Waals surface area contributed by atoms with Crippen LogP contribution in [0.5, 0.6) is 0 Å². The lowest BCUT2D eigenvalue weighted by Gasteiger charge is -2.43. The molecule has 0 unspecified atom stereocenters. The smallest absolute Gasteiger partial charge is 0.335 e. The van der Waals surface area contributed by atoms with Crippen LogP contribution in [0, 0.1) is 0 Å². The molecule has 19 heavy (non-hydrogen) atoms. The molecular formula is C13H11NO5. The van der Waals surface area contributed by atoms with Gasteiger partial charge in [0.05, 0.1) is 11.1 Å². The van der Waals surface area contributed by atoms with Gasteiger partial charge in [0, 0.05) is 18.9 Å².